The van der Waals surface area contributed by atoms with Crippen LogP contribution in [0.4, 0.5) is 0 Å². The number of hydrogen-bond acceptors (Lipinski definition) is 2. The SMILES string of the molecule is C1=Cc2c(sc3ccccc23)C(c2cccc(-c3cccc(-c4cccc5c4sc4ccccc45)c3)c2)C1. The summed E-state index contributed by atoms with van der Waals surface area (Å²) >= 11 is 3.85. The summed E-state index contributed by atoms with van der Waals surface area (Å²) in [4.78, 5) is 1.50. The summed E-state index contributed by atoms with van der Waals surface area (Å²) in [5.74, 6) is 0.405. The van der Waals surface area contributed by atoms with E-state index in [0.717, 1.165) is 6.42 Å². The van der Waals surface area contributed by atoms with Crippen molar-refractivity contribution < 1.29 is 0 Å². The van der Waals surface area contributed by atoms with Gasteiger partial charge in [-0.2, -0.15) is 0 Å². The highest BCUT2D eigenvalue weighted by atomic mass is 32.1. The van der Waals surface area contributed by atoms with Crippen LogP contribution in [-0.2, 0) is 0 Å². The van der Waals surface area contributed by atoms with E-state index in [1.165, 1.54) is 68.5 Å². The van der Waals surface area contributed by atoms with Gasteiger partial charge in [-0.15, -0.1) is 22.7 Å². The smallest absolute Gasteiger partial charge is 0.0433 e. The molecule has 2 aromatic heterocycles. The molecule has 7 aromatic rings. The first-order valence-electron chi connectivity index (χ1n) is 13.1. The average molecular weight is 521 g/mol. The van der Waals surface area contributed by atoms with Crippen molar-refractivity contribution in [1.29, 1.82) is 0 Å². The van der Waals surface area contributed by atoms with E-state index in [9.17, 15) is 0 Å². The molecular formula is C36H24S2. The monoisotopic (exact) mass is 520 g/mol. The molecule has 2 heterocycles. The molecule has 0 aliphatic heterocycles. The second-order valence-electron chi connectivity index (χ2n) is 10.1. The molecule has 0 fully saturated rings. The van der Waals surface area contributed by atoms with Gasteiger partial charge in [-0.05, 0) is 63.4 Å². The van der Waals surface area contributed by atoms with Crippen LogP contribution in [0.2, 0.25) is 0 Å². The van der Waals surface area contributed by atoms with Crippen molar-refractivity contribution in [3.05, 3.63) is 137 Å². The van der Waals surface area contributed by atoms with E-state index in [-0.39, 0.29) is 0 Å². The zero-order chi connectivity index (χ0) is 25.1. The molecule has 0 N–H and O–H groups in total. The number of hydrogen-bond donors (Lipinski definition) is 0. The number of allylic oxidation sites excluding steroid dienone is 1. The van der Waals surface area contributed by atoms with Crippen LogP contribution < -0.4 is 0 Å². The normalized spacial score (nSPS) is 14.9. The van der Waals surface area contributed by atoms with E-state index in [0.29, 0.717) is 5.92 Å². The Morgan fingerprint density at radius 2 is 1.24 bits per heavy atom. The molecule has 0 saturated carbocycles. The quantitative estimate of drug-likeness (QED) is 0.217. The van der Waals surface area contributed by atoms with Gasteiger partial charge in [-0.1, -0.05) is 109 Å². The van der Waals surface area contributed by atoms with Gasteiger partial charge in [0.1, 0.15) is 0 Å². The van der Waals surface area contributed by atoms with Crippen LogP contribution in [0.15, 0.2) is 121 Å². The summed E-state index contributed by atoms with van der Waals surface area (Å²) in [5.41, 5.74) is 7.95. The first-order chi connectivity index (χ1) is 18.8. The van der Waals surface area contributed by atoms with Crippen molar-refractivity contribution >= 4 is 59.0 Å². The van der Waals surface area contributed by atoms with Crippen LogP contribution in [0.3, 0.4) is 0 Å². The Kier molecular flexibility index (Phi) is 5.11. The highest BCUT2D eigenvalue weighted by Crippen LogP contribution is 2.45. The van der Waals surface area contributed by atoms with Gasteiger partial charge in [0.2, 0.25) is 0 Å². The third-order valence-electron chi connectivity index (χ3n) is 7.84. The molecule has 38 heavy (non-hydrogen) atoms. The fourth-order valence-corrected chi connectivity index (χ4v) is 8.58. The Balaban J connectivity index is 1.21. The first-order valence-corrected chi connectivity index (χ1v) is 14.8. The van der Waals surface area contributed by atoms with Crippen LogP contribution in [-0.4, -0.2) is 0 Å². The molecule has 1 aliphatic carbocycles. The van der Waals surface area contributed by atoms with Crippen molar-refractivity contribution in [1.82, 2.24) is 0 Å². The Morgan fingerprint density at radius 3 is 2.13 bits per heavy atom. The molecule has 0 radical (unpaired) electrons. The molecule has 0 nitrogen and oxygen atoms in total. The molecular weight excluding hydrogens is 497 g/mol. The number of thiophene rings is 2. The van der Waals surface area contributed by atoms with Gasteiger partial charge >= 0.3 is 0 Å². The van der Waals surface area contributed by atoms with Crippen LogP contribution in [0.1, 0.15) is 28.3 Å². The van der Waals surface area contributed by atoms with Gasteiger partial charge in [0.15, 0.2) is 0 Å². The maximum Gasteiger partial charge on any atom is 0.0433 e. The molecule has 1 unspecified atom stereocenters. The van der Waals surface area contributed by atoms with Gasteiger partial charge in [0.05, 0.1) is 0 Å². The van der Waals surface area contributed by atoms with Gasteiger partial charge in [-0.3, -0.25) is 0 Å². The summed E-state index contributed by atoms with van der Waals surface area (Å²) in [5, 5.41) is 4.08. The largest absolute Gasteiger partial charge is 0.139 e. The Morgan fingerprint density at radius 1 is 0.553 bits per heavy atom. The summed E-state index contributed by atoms with van der Waals surface area (Å²) in [6, 6.07) is 42.6. The van der Waals surface area contributed by atoms with E-state index in [2.05, 4.69) is 127 Å². The summed E-state index contributed by atoms with van der Waals surface area (Å²) in [6.07, 6.45) is 5.73. The molecule has 5 aromatic carbocycles. The highest BCUT2D eigenvalue weighted by Gasteiger charge is 2.23. The Labute approximate surface area is 230 Å². The second kappa shape index (κ2) is 8.80. The van der Waals surface area contributed by atoms with Crippen LogP contribution >= 0.6 is 22.7 Å². The van der Waals surface area contributed by atoms with E-state index >= 15 is 0 Å². The standard InChI is InChI=1S/C36H24S2/c1-3-19-33-29(13-1)31-17-7-15-27(35(31)37-33)25-11-5-9-23(21-25)24-10-6-12-26(22-24)28-16-8-18-32-30-14-2-4-20-34(30)38-36(28)32/h1-15,17-22,28H,16H2. The molecule has 0 amide bonds. The zero-order valence-corrected chi connectivity index (χ0v) is 22.4. The second-order valence-corrected chi connectivity index (χ2v) is 12.2. The lowest BCUT2D eigenvalue weighted by molar-refractivity contribution is 0.840. The van der Waals surface area contributed by atoms with Crippen molar-refractivity contribution in [2.75, 3.05) is 0 Å². The van der Waals surface area contributed by atoms with Crippen LogP contribution in [0.25, 0.3) is 58.6 Å². The maximum absolute atomic E-state index is 2.41. The maximum atomic E-state index is 2.41. The zero-order valence-electron chi connectivity index (χ0n) is 20.7. The van der Waals surface area contributed by atoms with Gasteiger partial charge in [-0.25, -0.2) is 0 Å². The van der Waals surface area contributed by atoms with Gasteiger partial charge < -0.3 is 0 Å². The van der Waals surface area contributed by atoms with E-state index in [1.807, 2.05) is 22.7 Å². The topological polar surface area (TPSA) is 0 Å². The van der Waals surface area contributed by atoms with Crippen molar-refractivity contribution in [2.24, 2.45) is 0 Å². The van der Waals surface area contributed by atoms with Gasteiger partial charge in [0, 0.05) is 35.7 Å². The van der Waals surface area contributed by atoms with Crippen molar-refractivity contribution in [3.63, 3.8) is 0 Å². The van der Waals surface area contributed by atoms with Crippen molar-refractivity contribution in [3.8, 4) is 22.3 Å². The third kappa shape index (κ3) is 3.49. The average Bonchev–Trinajstić information content (AvgIpc) is 3.56. The van der Waals surface area contributed by atoms with Gasteiger partial charge in [0.25, 0.3) is 0 Å². The summed E-state index contributed by atoms with van der Waals surface area (Å²) < 4.78 is 4.10. The summed E-state index contributed by atoms with van der Waals surface area (Å²) in [6.45, 7) is 0. The Hall–Kier alpha value is -3.98. The van der Waals surface area contributed by atoms with Crippen LogP contribution in [0, 0.1) is 0 Å². The molecule has 0 spiro atoms. The third-order valence-corrected chi connectivity index (χ3v) is 10.4. The number of rotatable bonds is 3. The molecule has 8 rings (SSSR count). The highest BCUT2D eigenvalue weighted by molar-refractivity contribution is 7.26. The molecule has 0 bridgehead atoms. The molecule has 0 saturated heterocycles. The van der Waals surface area contributed by atoms with E-state index in [4.69, 9.17) is 0 Å². The summed E-state index contributed by atoms with van der Waals surface area (Å²) in [7, 11) is 0. The molecule has 180 valence electrons. The minimum Gasteiger partial charge on any atom is -0.139 e. The fourth-order valence-electron chi connectivity index (χ4n) is 6.01. The lowest BCUT2D eigenvalue weighted by atomic mass is 9.86. The molecule has 1 aliphatic rings. The first kappa shape index (κ1) is 22.0. The lowest BCUT2D eigenvalue weighted by Crippen LogP contribution is -2.02. The fraction of sp³-hybridized carbons (Fsp3) is 0.0556. The van der Waals surface area contributed by atoms with E-state index in [1.54, 1.807) is 0 Å². The predicted molar refractivity (Wildman–Crippen MR) is 168 cm³/mol. The van der Waals surface area contributed by atoms with Crippen molar-refractivity contribution in [2.45, 2.75) is 12.3 Å². The van der Waals surface area contributed by atoms with E-state index < -0.39 is 0 Å². The minimum absolute atomic E-state index is 0.405. The molecule has 1 atom stereocenters. The lowest BCUT2D eigenvalue weighted by Gasteiger charge is -2.20. The number of benzene rings is 5. The minimum atomic E-state index is 0.405. The predicted octanol–water partition coefficient (Wildman–Crippen LogP) is 11.2. The molecule has 2 heteroatoms. The Bertz CT molecular complexity index is 2020. The van der Waals surface area contributed by atoms with Crippen LogP contribution in [0.5, 0.6) is 0 Å². The number of fused-ring (bicyclic) bond motifs is 6.